The van der Waals surface area contributed by atoms with Crippen LogP contribution in [0.3, 0.4) is 0 Å². The van der Waals surface area contributed by atoms with Gasteiger partial charge in [-0.05, 0) is 47.0 Å². The highest BCUT2D eigenvalue weighted by Gasteiger charge is 2.33. The monoisotopic (exact) mass is 402 g/mol. The third-order valence-corrected chi connectivity index (χ3v) is 4.66. The molecule has 6 heteroatoms. The van der Waals surface area contributed by atoms with E-state index in [2.05, 4.69) is 5.32 Å². The first-order chi connectivity index (χ1) is 14.6. The number of carbonyl (C=O) groups excluding carboxylic acids is 2. The average Bonchev–Trinajstić information content (AvgIpc) is 3.03. The molecule has 5 nitrogen and oxygen atoms in total. The van der Waals surface area contributed by atoms with Crippen LogP contribution < -0.4 is 10.1 Å². The number of rotatable bonds is 6. The molecule has 0 radical (unpaired) electrons. The van der Waals surface area contributed by atoms with Gasteiger partial charge < -0.3 is 10.1 Å². The Morgan fingerprint density at radius 2 is 1.57 bits per heavy atom. The number of benzene rings is 3. The van der Waals surface area contributed by atoms with Crippen LogP contribution >= 0.6 is 0 Å². The molecule has 3 aromatic rings. The zero-order valence-corrected chi connectivity index (χ0v) is 16.0. The fourth-order valence-electron chi connectivity index (χ4n) is 3.06. The van der Waals surface area contributed by atoms with E-state index in [9.17, 15) is 14.0 Å². The normalized spacial score (nSPS) is 14.8. The molecule has 30 heavy (non-hydrogen) atoms. The number of urea groups is 1. The first-order valence-corrected chi connectivity index (χ1v) is 9.44. The lowest BCUT2D eigenvalue weighted by Gasteiger charge is -2.11. The van der Waals surface area contributed by atoms with Gasteiger partial charge in [-0.3, -0.25) is 9.69 Å². The van der Waals surface area contributed by atoms with Crippen LogP contribution in [0.5, 0.6) is 5.75 Å². The van der Waals surface area contributed by atoms with Gasteiger partial charge in [-0.15, -0.1) is 0 Å². The minimum atomic E-state index is -0.501. The summed E-state index contributed by atoms with van der Waals surface area (Å²) in [7, 11) is 0. The second-order valence-electron chi connectivity index (χ2n) is 6.85. The lowest BCUT2D eigenvalue weighted by Crippen LogP contribution is -2.30. The number of carbonyl (C=O) groups is 2. The van der Waals surface area contributed by atoms with Gasteiger partial charge in [0.25, 0.3) is 5.91 Å². The molecule has 3 aromatic carbocycles. The summed E-state index contributed by atoms with van der Waals surface area (Å²) in [4.78, 5) is 25.9. The fraction of sp³-hybridized carbons (Fsp3) is 0.0833. The lowest BCUT2D eigenvalue weighted by atomic mass is 10.1. The van der Waals surface area contributed by atoms with E-state index < -0.39 is 11.9 Å². The number of nitrogens with zero attached hydrogens (tertiary/aromatic N) is 1. The van der Waals surface area contributed by atoms with Crippen molar-refractivity contribution in [2.24, 2.45) is 0 Å². The van der Waals surface area contributed by atoms with Crippen molar-refractivity contribution >= 4 is 18.0 Å². The highest BCUT2D eigenvalue weighted by molar-refractivity contribution is 6.13. The third-order valence-electron chi connectivity index (χ3n) is 4.66. The van der Waals surface area contributed by atoms with Crippen LogP contribution in [-0.2, 0) is 17.9 Å². The molecule has 0 unspecified atom stereocenters. The van der Waals surface area contributed by atoms with E-state index in [0.29, 0.717) is 17.9 Å². The topological polar surface area (TPSA) is 58.6 Å². The zero-order chi connectivity index (χ0) is 20.9. The molecule has 3 amide bonds. The SMILES string of the molecule is O=C1N/C(=C/c2ccc(OCc3ccccc3)cc2)C(=O)N1Cc1ccc(F)cc1. The molecule has 4 rings (SSSR count). The van der Waals surface area contributed by atoms with E-state index in [1.54, 1.807) is 18.2 Å². The molecule has 150 valence electrons. The number of hydrogen-bond donors (Lipinski definition) is 1. The lowest BCUT2D eigenvalue weighted by molar-refractivity contribution is -0.123. The van der Waals surface area contributed by atoms with Gasteiger partial charge in [0.05, 0.1) is 6.54 Å². The van der Waals surface area contributed by atoms with Crippen molar-refractivity contribution in [2.75, 3.05) is 0 Å². The molecule has 1 saturated heterocycles. The maximum absolute atomic E-state index is 13.0. The van der Waals surface area contributed by atoms with Gasteiger partial charge in [-0.1, -0.05) is 54.6 Å². The van der Waals surface area contributed by atoms with E-state index >= 15 is 0 Å². The van der Waals surface area contributed by atoms with Crippen molar-refractivity contribution in [1.82, 2.24) is 10.2 Å². The minimum absolute atomic E-state index is 0.0779. The highest BCUT2D eigenvalue weighted by Crippen LogP contribution is 2.19. The number of nitrogens with one attached hydrogen (secondary N) is 1. The summed E-state index contributed by atoms with van der Waals surface area (Å²) in [6.45, 7) is 0.544. The molecule has 0 aromatic heterocycles. The van der Waals surface area contributed by atoms with Gasteiger partial charge in [0, 0.05) is 0 Å². The number of halogens is 1. The molecule has 1 heterocycles. The van der Waals surface area contributed by atoms with Gasteiger partial charge in [-0.25, -0.2) is 9.18 Å². The summed E-state index contributed by atoms with van der Waals surface area (Å²) in [5, 5.41) is 2.59. The van der Waals surface area contributed by atoms with Crippen molar-refractivity contribution in [3.05, 3.63) is 107 Å². The van der Waals surface area contributed by atoms with Gasteiger partial charge in [0.15, 0.2) is 0 Å². The van der Waals surface area contributed by atoms with Crippen molar-refractivity contribution in [2.45, 2.75) is 13.2 Å². The molecule has 1 fully saturated rings. The smallest absolute Gasteiger partial charge is 0.329 e. The molecule has 0 spiro atoms. The summed E-state index contributed by atoms with van der Waals surface area (Å²) < 4.78 is 18.8. The highest BCUT2D eigenvalue weighted by atomic mass is 19.1. The van der Waals surface area contributed by atoms with E-state index in [4.69, 9.17) is 4.74 Å². The van der Waals surface area contributed by atoms with Crippen LogP contribution in [0, 0.1) is 5.82 Å². The first kappa shape index (κ1) is 19.4. The number of imide groups is 1. The minimum Gasteiger partial charge on any atom is -0.489 e. The van der Waals surface area contributed by atoms with Crippen LogP contribution in [-0.4, -0.2) is 16.8 Å². The Morgan fingerprint density at radius 3 is 2.27 bits per heavy atom. The zero-order valence-electron chi connectivity index (χ0n) is 16.0. The quantitative estimate of drug-likeness (QED) is 0.488. The summed E-state index contributed by atoms with van der Waals surface area (Å²) in [5.41, 5.74) is 2.69. The molecule has 1 aliphatic heterocycles. The molecule has 0 aliphatic carbocycles. The Balaban J connectivity index is 1.41. The van der Waals surface area contributed by atoms with E-state index in [0.717, 1.165) is 16.0 Å². The van der Waals surface area contributed by atoms with E-state index in [-0.39, 0.29) is 18.1 Å². The van der Waals surface area contributed by atoms with E-state index in [1.807, 2.05) is 54.6 Å². The summed E-state index contributed by atoms with van der Waals surface area (Å²) in [5.74, 6) is -0.0813. The van der Waals surface area contributed by atoms with Crippen LogP contribution in [0.2, 0.25) is 0 Å². The predicted octanol–water partition coefficient (Wildman–Crippen LogP) is 4.50. The summed E-state index contributed by atoms with van der Waals surface area (Å²) >= 11 is 0. The molecule has 1 aliphatic rings. The Hall–Kier alpha value is -3.93. The Kier molecular flexibility index (Phi) is 5.57. The standard InChI is InChI=1S/C24H19FN2O3/c25-20-10-6-18(7-11-20)15-27-23(28)22(26-24(27)29)14-17-8-12-21(13-9-17)30-16-19-4-2-1-3-5-19/h1-14H,15-16H2,(H,26,29)/b22-14+. The van der Waals surface area contributed by atoms with Crippen molar-refractivity contribution in [1.29, 1.82) is 0 Å². The summed E-state index contributed by atoms with van der Waals surface area (Å²) in [6.07, 6.45) is 1.62. The first-order valence-electron chi connectivity index (χ1n) is 9.44. The van der Waals surface area contributed by atoms with Crippen LogP contribution in [0.4, 0.5) is 9.18 Å². The molecule has 1 N–H and O–H groups in total. The van der Waals surface area contributed by atoms with Gasteiger partial charge in [-0.2, -0.15) is 0 Å². The van der Waals surface area contributed by atoms with Crippen LogP contribution in [0.1, 0.15) is 16.7 Å². The average molecular weight is 402 g/mol. The van der Waals surface area contributed by atoms with Gasteiger partial charge in [0.2, 0.25) is 0 Å². The van der Waals surface area contributed by atoms with Crippen molar-refractivity contribution < 1.29 is 18.7 Å². The third kappa shape index (κ3) is 4.55. The largest absolute Gasteiger partial charge is 0.489 e. The van der Waals surface area contributed by atoms with Crippen LogP contribution in [0.15, 0.2) is 84.6 Å². The molecule has 0 bridgehead atoms. The predicted molar refractivity (Wildman–Crippen MR) is 111 cm³/mol. The second kappa shape index (κ2) is 8.61. The molecular formula is C24H19FN2O3. The van der Waals surface area contributed by atoms with Crippen molar-refractivity contribution in [3.63, 3.8) is 0 Å². The van der Waals surface area contributed by atoms with Gasteiger partial charge >= 0.3 is 6.03 Å². The molecule has 0 atom stereocenters. The maximum atomic E-state index is 13.0. The van der Waals surface area contributed by atoms with E-state index in [1.165, 1.54) is 12.1 Å². The Labute approximate surface area is 173 Å². The van der Waals surface area contributed by atoms with Gasteiger partial charge in [0.1, 0.15) is 23.9 Å². The molecule has 0 saturated carbocycles. The summed E-state index contributed by atoms with van der Waals surface area (Å²) in [6, 6.07) is 22.3. The maximum Gasteiger partial charge on any atom is 0.329 e. The fourth-order valence-corrected chi connectivity index (χ4v) is 3.06. The van der Waals surface area contributed by atoms with Crippen LogP contribution in [0.25, 0.3) is 6.08 Å². The number of ether oxygens (including phenoxy) is 1. The molecular weight excluding hydrogens is 383 g/mol. The second-order valence-corrected chi connectivity index (χ2v) is 6.85. The van der Waals surface area contributed by atoms with Crippen molar-refractivity contribution in [3.8, 4) is 5.75 Å². The number of amides is 3. The number of hydrogen-bond acceptors (Lipinski definition) is 3. The Bertz CT molecular complexity index is 1080. The Morgan fingerprint density at radius 1 is 0.867 bits per heavy atom.